The van der Waals surface area contributed by atoms with Crippen LogP contribution >= 0.6 is 23.5 Å². The highest BCUT2D eigenvalue weighted by molar-refractivity contribution is 8.27. The molecule has 52 heavy (non-hydrogen) atoms. The highest BCUT2D eigenvalue weighted by atomic mass is 32.2. The maximum absolute atomic E-state index is 13.7. The number of pyridine rings is 2. The Hall–Kier alpha value is -5.08. The van der Waals surface area contributed by atoms with E-state index in [-0.39, 0.29) is 54.1 Å². The van der Waals surface area contributed by atoms with E-state index in [1.807, 2.05) is 20.8 Å². The zero-order valence-corrected chi connectivity index (χ0v) is 29.5. The summed E-state index contributed by atoms with van der Waals surface area (Å²) in [5.74, 6) is 0. The molecule has 0 saturated heterocycles. The Morgan fingerprint density at radius 3 is 1.48 bits per heavy atom. The molecule has 0 amide bonds. The second kappa shape index (κ2) is 14.9. The fourth-order valence-electron chi connectivity index (χ4n) is 5.10. The van der Waals surface area contributed by atoms with Crippen molar-refractivity contribution in [2.45, 2.75) is 38.5 Å². The van der Waals surface area contributed by atoms with Gasteiger partial charge in [0.05, 0.1) is 28.2 Å². The predicted molar refractivity (Wildman–Crippen MR) is 196 cm³/mol. The first kappa shape index (κ1) is 38.2. The summed E-state index contributed by atoms with van der Waals surface area (Å²) in [6.45, 7) is 5.86. The summed E-state index contributed by atoms with van der Waals surface area (Å²) in [5.41, 5.74) is -0.456. The summed E-state index contributed by atoms with van der Waals surface area (Å²) in [6, 6.07) is 24.2. The maximum atomic E-state index is 13.7. The fourth-order valence-corrected chi connectivity index (χ4v) is 6.43. The van der Waals surface area contributed by atoms with Gasteiger partial charge in [0.1, 0.15) is 20.8 Å². The van der Waals surface area contributed by atoms with Crippen molar-refractivity contribution in [2.24, 2.45) is 0 Å². The summed E-state index contributed by atoms with van der Waals surface area (Å²) in [5, 5.41) is 32.6. The van der Waals surface area contributed by atoms with Crippen molar-refractivity contribution >= 4 is 43.7 Å². The van der Waals surface area contributed by atoms with Crippen molar-refractivity contribution in [1.29, 1.82) is 16.2 Å². The van der Waals surface area contributed by atoms with Gasteiger partial charge in [0, 0.05) is 34.0 Å². The van der Waals surface area contributed by atoms with Crippen molar-refractivity contribution in [3.63, 3.8) is 0 Å². The third-order valence-electron chi connectivity index (χ3n) is 7.74. The molecule has 0 bridgehead atoms. The van der Waals surface area contributed by atoms with Crippen molar-refractivity contribution in [2.75, 3.05) is 0 Å². The predicted octanol–water partition coefficient (Wildman–Crippen LogP) is 9.49. The fraction of sp³-hybridized carbons (Fsp3) is 0.158. The van der Waals surface area contributed by atoms with E-state index in [1.165, 1.54) is 72.8 Å². The lowest BCUT2D eigenvalue weighted by molar-refractivity contribution is -0.137. The number of rotatable bonds is 6. The number of nitrogens with two attached hydrogens (primary N) is 1. The number of hydrogen-bond donors (Lipinski definition) is 4. The van der Waals surface area contributed by atoms with Crippen LogP contribution in [0.25, 0.3) is 22.5 Å². The smallest absolute Gasteiger partial charge is 0.293 e. The second-order valence-electron chi connectivity index (χ2n) is 12.5. The van der Waals surface area contributed by atoms with E-state index >= 15 is 0 Å². The van der Waals surface area contributed by atoms with E-state index in [2.05, 4.69) is 9.97 Å². The molecule has 14 heteroatoms. The van der Waals surface area contributed by atoms with Crippen LogP contribution in [0, 0.1) is 16.2 Å². The van der Waals surface area contributed by atoms with Crippen LogP contribution in [0.3, 0.4) is 0 Å². The number of alkyl halides is 6. The molecule has 5 N–H and O–H groups in total. The largest absolute Gasteiger partial charge is 0.417 e. The van der Waals surface area contributed by atoms with E-state index in [9.17, 15) is 26.3 Å². The van der Waals surface area contributed by atoms with Crippen LogP contribution in [0.5, 0.6) is 0 Å². The van der Waals surface area contributed by atoms with Gasteiger partial charge >= 0.3 is 12.4 Å². The quantitative estimate of drug-likeness (QED) is 0.0785. The van der Waals surface area contributed by atoms with E-state index in [0.29, 0.717) is 11.1 Å². The van der Waals surface area contributed by atoms with Crippen molar-refractivity contribution in [1.82, 2.24) is 9.97 Å². The number of nitrogens with zero attached hydrogens (tertiary/aromatic N) is 2. The number of halogens is 6. The van der Waals surface area contributed by atoms with Crippen LogP contribution in [0.1, 0.15) is 60.0 Å². The Balaban J connectivity index is 1.39. The van der Waals surface area contributed by atoms with E-state index < -0.39 is 28.9 Å². The Bertz CT molecular complexity index is 2060. The van der Waals surface area contributed by atoms with Gasteiger partial charge in [-0.1, -0.05) is 69.3 Å². The average molecular weight is 750 g/mol. The number of nitrogens with one attached hydrogen (secondary N) is 3. The van der Waals surface area contributed by atoms with Crippen LogP contribution in [0.4, 0.5) is 26.3 Å². The average Bonchev–Trinajstić information content (AvgIpc) is 3.10. The summed E-state index contributed by atoms with van der Waals surface area (Å²) in [6.07, 6.45) is -9.20. The van der Waals surface area contributed by atoms with Gasteiger partial charge in [-0.15, -0.1) is 0 Å². The standard InChI is InChI=1S/C38H30F6N6S2/c1-36(2,3)23-19-21(32(45)51-34(47)30-16-8-14-28(49-30)24-10-4-6-12-26(24)37(39,40)41)18-22(20-23)33(46)52-35(48)31-17-9-15-29(50-31)25-11-5-7-13-27(25)38(42,43)44/h4-20,45-48H,1-3H3/p+1. The Labute approximate surface area is 304 Å². The van der Waals surface area contributed by atoms with Crippen LogP contribution in [-0.4, -0.2) is 30.1 Å². The summed E-state index contributed by atoms with van der Waals surface area (Å²) in [7, 11) is 0. The van der Waals surface area contributed by atoms with Crippen molar-refractivity contribution in [3.8, 4) is 22.5 Å². The molecule has 5 aromatic rings. The molecule has 0 atom stereocenters. The number of aromatic nitrogens is 2. The zero-order chi connectivity index (χ0) is 38.0. The van der Waals surface area contributed by atoms with Gasteiger partial charge < -0.3 is 0 Å². The molecule has 0 fully saturated rings. The summed E-state index contributed by atoms with van der Waals surface area (Å²) < 4.78 is 82.1. The zero-order valence-electron chi connectivity index (χ0n) is 27.9. The van der Waals surface area contributed by atoms with Crippen molar-refractivity contribution < 1.29 is 31.8 Å². The lowest BCUT2D eigenvalue weighted by Crippen LogP contribution is -2.39. The third kappa shape index (κ3) is 8.86. The van der Waals surface area contributed by atoms with Crippen LogP contribution in [0.2, 0.25) is 0 Å². The molecular weight excluding hydrogens is 719 g/mol. The lowest BCUT2D eigenvalue weighted by Gasteiger charge is -2.21. The molecule has 266 valence electrons. The molecule has 2 aromatic heterocycles. The Morgan fingerprint density at radius 2 is 1.00 bits per heavy atom. The van der Waals surface area contributed by atoms with Crippen LogP contribution in [0.15, 0.2) is 103 Å². The van der Waals surface area contributed by atoms with Crippen molar-refractivity contribution in [3.05, 3.63) is 142 Å². The third-order valence-corrected chi connectivity index (χ3v) is 9.46. The minimum Gasteiger partial charge on any atom is -0.293 e. The molecule has 0 spiro atoms. The van der Waals surface area contributed by atoms with Gasteiger partial charge in [-0.2, -0.15) is 26.3 Å². The van der Waals surface area contributed by atoms with Gasteiger partial charge in [0.15, 0.2) is 0 Å². The molecule has 2 heterocycles. The molecule has 0 unspecified atom stereocenters. The molecule has 0 saturated carbocycles. The number of thioether (sulfide) groups is 2. The SMILES string of the molecule is CC(C)(C)c1cc(C(=N)SC(=N)c2cccc(-c3ccccc3C(F)(F)F)n2)cc(C(=N)SC(=[NH2+])c2cccc(-c3ccccc3C(F)(F)F)n2)c1. The van der Waals surface area contributed by atoms with Gasteiger partial charge in [-0.25, -0.2) is 15.4 Å². The van der Waals surface area contributed by atoms with E-state index in [4.69, 9.17) is 21.6 Å². The molecule has 5 rings (SSSR count). The number of benzene rings is 3. The molecule has 0 aliphatic heterocycles. The van der Waals surface area contributed by atoms with Gasteiger partial charge in [0.2, 0.25) is 0 Å². The van der Waals surface area contributed by atoms with Gasteiger partial charge in [-0.05, 0) is 77.3 Å². The molecule has 0 aliphatic carbocycles. The Morgan fingerprint density at radius 1 is 0.558 bits per heavy atom. The molecular formula is C38H31F6N6S2+. The summed E-state index contributed by atoms with van der Waals surface area (Å²) >= 11 is 1.61. The first-order valence-electron chi connectivity index (χ1n) is 15.5. The molecule has 0 radical (unpaired) electrons. The summed E-state index contributed by atoms with van der Waals surface area (Å²) in [4.78, 5) is 8.68. The first-order valence-corrected chi connectivity index (χ1v) is 17.1. The number of hydrogen-bond acceptors (Lipinski definition) is 7. The second-order valence-corrected chi connectivity index (χ2v) is 14.6. The van der Waals surface area contributed by atoms with Gasteiger partial charge in [0.25, 0.3) is 5.04 Å². The van der Waals surface area contributed by atoms with Crippen LogP contribution in [-0.2, 0) is 17.8 Å². The maximum Gasteiger partial charge on any atom is 0.417 e. The molecule has 6 nitrogen and oxygen atoms in total. The lowest BCUT2D eigenvalue weighted by atomic mass is 9.85. The monoisotopic (exact) mass is 749 g/mol. The van der Waals surface area contributed by atoms with Crippen LogP contribution < -0.4 is 5.41 Å². The minimum atomic E-state index is -4.60. The highest BCUT2D eigenvalue weighted by Crippen LogP contribution is 2.38. The molecule has 0 aliphatic rings. The highest BCUT2D eigenvalue weighted by Gasteiger charge is 2.35. The molecule has 3 aromatic carbocycles. The van der Waals surface area contributed by atoms with E-state index in [1.54, 1.807) is 18.2 Å². The minimum absolute atomic E-state index is 0.0154. The van der Waals surface area contributed by atoms with Gasteiger partial charge in [-0.3, -0.25) is 16.2 Å². The Kier molecular flexibility index (Phi) is 10.9. The first-order chi connectivity index (χ1) is 24.3. The normalized spacial score (nSPS) is 12.0. The van der Waals surface area contributed by atoms with E-state index in [0.717, 1.165) is 41.2 Å². The topological polar surface area (TPSA) is 123 Å².